The van der Waals surface area contributed by atoms with Gasteiger partial charge in [0.25, 0.3) is 5.91 Å². The molecular formula is C23H21NO3. The van der Waals surface area contributed by atoms with Crippen molar-refractivity contribution in [3.63, 3.8) is 0 Å². The van der Waals surface area contributed by atoms with E-state index in [1.54, 1.807) is 12.1 Å². The number of carbonyl (C=O) groups is 2. The largest absolute Gasteiger partial charge is 0.452 e. The fraction of sp³-hybridized carbons (Fsp3) is 0.130. The van der Waals surface area contributed by atoms with Crippen molar-refractivity contribution >= 4 is 11.9 Å². The van der Waals surface area contributed by atoms with Gasteiger partial charge < -0.3 is 10.1 Å². The van der Waals surface area contributed by atoms with E-state index in [0.717, 1.165) is 16.7 Å². The molecule has 0 aliphatic heterocycles. The number of rotatable bonds is 6. The summed E-state index contributed by atoms with van der Waals surface area (Å²) in [6.07, 6.45) is 0. The summed E-state index contributed by atoms with van der Waals surface area (Å²) < 4.78 is 5.19. The highest BCUT2D eigenvalue weighted by Crippen LogP contribution is 2.21. The van der Waals surface area contributed by atoms with Gasteiger partial charge in [0.05, 0.1) is 11.6 Å². The van der Waals surface area contributed by atoms with Crippen LogP contribution in [-0.2, 0) is 9.53 Å². The summed E-state index contributed by atoms with van der Waals surface area (Å²) in [5, 5.41) is 2.95. The summed E-state index contributed by atoms with van der Waals surface area (Å²) in [7, 11) is 0. The van der Waals surface area contributed by atoms with E-state index in [1.165, 1.54) is 0 Å². The van der Waals surface area contributed by atoms with Crippen LogP contribution in [0.4, 0.5) is 0 Å². The highest BCUT2D eigenvalue weighted by Gasteiger charge is 2.18. The molecule has 27 heavy (non-hydrogen) atoms. The summed E-state index contributed by atoms with van der Waals surface area (Å²) in [5.74, 6) is -0.853. The monoisotopic (exact) mass is 359 g/mol. The van der Waals surface area contributed by atoms with Crippen molar-refractivity contribution in [1.29, 1.82) is 0 Å². The molecule has 0 bridgehead atoms. The highest BCUT2D eigenvalue weighted by molar-refractivity contribution is 5.92. The molecule has 0 aliphatic carbocycles. The van der Waals surface area contributed by atoms with Crippen molar-refractivity contribution in [3.8, 4) is 0 Å². The van der Waals surface area contributed by atoms with E-state index in [1.807, 2.05) is 79.7 Å². The molecule has 0 heterocycles. The zero-order valence-corrected chi connectivity index (χ0v) is 15.1. The van der Waals surface area contributed by atoms with Crippen molar-refractivity contribution < 1.29 is 14.3 Å². The molecule has 0 saturated carbocycles. The molecule has 1 amide bonds. The minimum atomic E-state index is -0.501. The molecule has 0 unspecified atom stereocenters. The Balaban J connectivity index is 1.68. The van der Waals surface area contributed by atoms with Crippen LogP contribution in [0, 0.1) is 6.92 Å². The van der Waals surface area contributed by atoms with Crippen LogP contribution in [0.3, 0.4) is 0 Å². The van der Waals surface area contributed by atoms with Gasteiger partial charge in [-0.25, -0.2) is 4.79 Å². The molecule has 4 heteroatoms. The Morgan fingerprint density at radius 1 is 0.815 bits per heavy atom. The second-order valence-electron chi connectivity index (χ2n) is 6.21. The average Bonchev–Trinajstić information content (AvgIpc) is 2.72. The van der Waals surface area contributed by atoms with E-state index in [4.69, 9.17) is 4.74 Å². The Hall–Kier alpha value is -3.40. The predicted molar refractivity (Wildman–Crippen MR) is 104 cm³/mol. The Bertz CT molecular complexity index is 868. The molecule has 1 N–H and O–H groups in total. The van der Waals surface area contributed by atoms with E-state index in [-0.39, 0.29) is 18.6 Å². The second-order valence-corrected chi connectivity index (χ2v) is 6.21. The standard InChI is InChI=1S/C23H21NO3/c1-17-10-8-9-15-20(17)23(26)27-16-21(25)24-22(18-11-4-2-5-12-18)19-13-6-3-7-14-19/h2-15,22H,16H2,1H3,(H,24,25). The van der Waals surface area contributed by atoms with Crippen molar-refractivity contribution in [2.24, 2.45) is 0 Å². The van der Waals surface area contributed by atoms with Crippen LogP contribution in [0.5, 0.6) is 0 Å². The number of aryl methyl sites for hydroxylation is 1. The first-order valence-corrected chi connectivity index (χ1v) is 8.77. The molecule has 0 aromatic heterocycles. The summed E-state index contributed by atoms with van der Waals surface area (Å²) in [6.45, 7) is 1.50. The number of hydrogen-bond donors (Lipinski definition) is 1. The molecule has 0 saturated heterocycles. The third kappa shape index (κ3) is 4.82. The summed E-state index contributed by atoms with van der Waals surface area (Å²) in [4.78, 5) is 24.6. The van der Waals surface area contributed by atoms with Gasteiger partial charge in [0.1, 0.15) is 0 Å². The van der Waals surface area contributed by atoms with Crippen LogP contribution in [0.1, 0.15) is 33.1 Å². The predicted octanol–water partition coefficient (Wildman–Crippen LogP) is 4.06. The van der Waals surface area contributed by atoms with Gasteiger partial charge in [-0.1, -0.05) is 78.9 Å². The molecule has 0 radical (unpaired) electrons. The second kappa shape index (κ2) is 8.81. The van der Waals surface area contributed by atoms with E-state index in [0.29, 0.717) is 5.56 Å². The maximum absolute atomic E-state index is 12.4. The fourth-order valence-corrected chi connectivity index (χ4v) is 2.86. The highest BCUT2D eigenvalue weighted by atomic mass is 16.5. The minimum Gasteiger partial charge on any atom is -0.452 e. The van der Waals surface area contributed by atoms with Crippen LogP contribution in [0.2, 0.25) is 0 Å². The van der Waals surface area contributed by atoms with Gasteiger partial charge in [0.2, 0.25) is 0 Å². The number of esters is 1. The van der Waals surface area contributed by atoms with Gasteiger partial charge in [-0.3, -0.25) is 4.79 Å². The molecule has 4 nitrogen and oxygen atoms in total. The lowest BCUT2D eigenvalue weighted by Gasteiger charge is -2.20. The molecule has 0 spiro atoms. The van der Waals surface area contributed by atoms with E-state index >= 15 is 0 Å². The SMILES string of the molecule is Cc1ccccc1C(=O)OCC(=O)NC(c1ccccc1)c1ccccc1. The van der Waals surface area contributed by atoms with E-state index in [2.05, 4.69) is 5.32 Å². The quantitative estimate of drug-likeness (QED) is 0.675. The topological polar surface area (TPSA) is 55.4 Å². The number of benzene rings is 3. The molecular weight excluding hydrogens is 338 g/mol. The maximum atomic E-state index is 12.4. The number of ether oxygens (including phenoxy) is 1. The molecule has 3 rings (SSSR count). The van der Waals surface area contributed by atoms with Gasteiger partial charge in [-0.15, -0.1) is 0 Å². The Morgan fingerprint density at radius 3 is 1.89 bits per heavy atom. The van der Waals surface area contributed by atoms with Crippen LogP contribution >= 0.6 is 0 Å². The molecule has 136 valence electrons. The summed E-state index contributed by atoms with van der Waals surface area (Å²) in [5.41, 5.74) is 3.20. The van der Waals surface area contributed by atoms with E-state index in [9.17, 15) is 9.59 Å². The van der Waals surface area contributed by atoms with Crippen molar-refractivity contribution in [2.75, 3.05) is 6.61 Å². The first kappa shape index (κ1) is 18.4. The average molecular weight is 359 g/mol. The number of amides is 1. The van der Waals surface area contributed by atoms with Crippen molar-refractivity contribution in [3.05, 3.63) is 107 Å². The van der Waals surface area contributed by atoms with Crippen molar-refractivity contribution in [2.45, 2.75) is 13.0 Å². The summed E-state index contributed by atoms with van der Waals surface area (Å²) in [6, 6.07) is 26.2. The lowest BCUT2D eigenvalue weighted by molar-refractivity contribution is -0.124. The Kier molecular flexibility index (Phi) is 6.00. The van der Waals surface area contributed by atoms with Gasteiger partial charge in [-0.05, 0) is 29.7 Å². The normalized spacial score (nSPS) is 10.4. The number of hydrogen-bond acceptors (Lipinski definition) is 3. The van der Waals surface area contributed by atoms with Gasteiger partial charge >= 0.3 is 5.97 Å². The Morgan fingerprint density at radius 2 is 1.33 bits per heavy atom. The first-order chi connectivity index (χ1) is 13.1. The zero-order valence-electron chi connectivity index (χ0n) is 15.1. The zero-order chi connectivity index (χ0) is 19.1. The van der Waals surface area contributed by atoms with Crippen molar-refractivity contribution in [1.82, 2.24) is 5.32 Å². The molecule has 0 fully saturated rings. The maximum Gasteiger partial charge on any atom is 0.338 e. The Labute approximate surface area is 158 Å². The van der Waals surface area contributed by atoms with Crippen LogP contribution in [0.15, 0.2) is 84.9 Å². The van der Waals surface area contributed by atoms with E-state index < -0.39 is 5.97 Å². The first-order valence-electron chi connectivity index (χ1n) is 8.77. The molecule has 0 aliphatic rings. The third-order valence-electron chi connectivity index (χ3n) is 4.27. The van der Waals surface area contributed by atoms with Crippen LogP contribution < -0.4 is 5.32 Å². The lowest BCUT2D eigenvalue weighted by atomic mass is 9.99. The summed E-state index contributed by atoms with van der Waals surface area (Å²) >= 11 is 0. The third-order valence-corrected chi connectivity index (χ3v) is 4.27. The van der Waals surface area contributed by atoms with Crippen LogP contribution in [0.25, 0.3) is 0 Å². The van der Waals surface area contributed by atoms with Gasteiger partial charge in [0.15, 0.2) is 6.61 Å². The number of nitrogens with one attached hydrogen (secondary N) is 1. The molecule has 0 atom stereocenters. The smallest absolute Gasteiger partial charge is 0.338 e. The lowest BCUT2D eigenvalue weighted by Crippen LogP contribution is -2.33. The minimum absolute atomic E-state index is 0.308. The van der Waals surface area contributed by atoms with Crippen LogP contribution in [-0.4, -0.2) is 18.5 Å². The molecule has 3 aromatic carbocycles. The van der Waals surface area contributed by atoms with Gasteiger partial charge in [0, 0.05) is 0 Å². The van der Waals surface area contributed by atoms with Gasteiger partial charge in [-0.2, -0.15) is 0 Å². The number of carbonyl (C=O) groups excluding carboxylic acids is 2. The molecule has 3 aromatic rings. The fourth-order valence-electron chi connectivity index (χ4n) is 2.86.